The molecule has 0 bridgehead atoms. The average molecular weight is 411 g/mol. The fraction of sp³-hybridized carbons (Fsp3) is 0.318. The van der Waals surface area contributed by atoms with E-state index in [4.69, 9.17) is 14.6 Å². The van der Waals surface area contributed by atoms with Crippen molar-refractivity contribution in [1.82, 2.24) is 9.97 Å². The van der Waals surface area contributed by atoms with Crippen LogP contribution >= 0.6 is 0 Å². The van der Waals surface area contributed by atoms with Crippen molar-refractivity contribution in [3.63, 3.8) is 0 Å². The highest BCUT2D eigenvalue weighted by Crippen LogP contribution is 2.34. The van der Waals surface area contributed by atoms with Gasteiger partial charge in [-0.05, 0) is 29.2 Å². The first kappa shape index (κ1) is 21.3. The van der Waals surface area contributed by atoms with Crippen LogP contribution < -0.4 is 10.1 Å². The maximum atomic E-state index is 10.4. The van der Waals surface area contributed by atoms with Gasteiger partial charge in [-0.25, -0.2) is 14.8 Å². The minimum absolute atomic E-state index is 0.0180. The van der Waals surface area contributed by atoms with E-state index in [1.165, 1.54) is 11.9 Å². The standard InChI is InChI=1S/C22H25N3O5/c1-22(2,3)14-5-4-6-15(9-14)25-21-16-10-18(26)19(11-17(16)23-13-24-21)30-8-7-29-12-20(27)28/h4-6,9-11,13,26H,7-8,12H2,1-3H3,(H,27,28)(H,23,24,25). The number of nitrogens with one attached hydrogen (secondary N) is 1. The summed E-state index contributed by atoms with van der Waals surface area (Å²) in [7, 11) is 0. The third kappa shape index (κ3) is 5.36. The van der Waals surface area contributed by atoms with Gasteiger partial charge in [-0.15, -0.1) is 0 Å². The summed E-state index contributed by atoms with van der Waals surface area (Å²) < 4.78 is 10.4. The highest BCUT2D eigenvalue weighted by atomic mass is 16.5. The van der Waals surface area contributed by atoms with E-state index in [9.17, 15) is 9.90 Å². The lowest BCUT2D eigenvalue weighted by Crippen LogP contribution is -2.12. The smallest absolute Gasteiger partial charge is 0.329 e. The highest BCUT2D eigenvalue weighted by molar-refractivity contribution is 5.93. The van der Waals surface area contributed by atoms with Crippen molar-refractivity contribution in [3.05, 3.63) is 48.3 Å². The molecule has 8 heteroatoms. The number of fused-ring (bicyclic) bond motifs is 1. The zero-order valence-electron chi connectivity index (χ0n) is 17.2. The van der Waals surface area contributed by atoms with Gasteiger partial charge in [0.15, 0.2) is 11.5 Å². The molecule has 0 atom stereocenters. The van der Waals surface area contributed by atoms with E-state index in [-0.39, 0.29) is 30.1 Å². The minimum atomic E-state index is -1.05. The molecule has 30 heavy (non-hydrogen) atoms. The van der Waals surface area contributed by atoms with E-state index in [1.54, 1.807) is 12.1 Å². The van der Waals surface area contributed by atoms with E-state index in [0.29, 0.717) is 16.7 Å². The summed E-state index contributed by atoms with van der Waals surface area (Å²) in [4.78, 5) is 19.0. The third-order valence-electron chi connectivity index (χ3n) is 4.42. The molecule has 8 nitrogen and oxygen atoms in total. The first-order chi connectivity index (χ1) is 14.2. The van der Waals surface area contributed by atoms with Gasteiger partial charge in [0.05, 0.1) is 12.1 Å². The molecular formula is C22H25N3O5. The molecular weight excluding hydrogens is 386 g/mol. The number of carbonyl (C=O) groups is 1. The van der Waals surface area contributed by atoms with Crippen LogP contribution in [-0.4, -0.2) is 46.0 Å². The average Bonchev–Trinajstić information content (AvgIpc) is 2.68. The molecule has 0 aliphatic rings. The zero-order valence-corrected chi connectivity index (χ0v) is 17.2. The van der Waals surface area contributed by atoms with Crippen LogP contribution in [0.15, 0.2) is 42.7 Å². The molecule has 2 aromatic carbocycles. The number of aliphatic carboxylic acids is 1. The number of rotatable bonds is 8. The number of ether oxygens (including phenoxy) is 2. The van der Waals surface area contributed by atoms with E-state index < -0.39 is 12.6 Å². The molecule has 0 radical (unpaired) electrons. The number of carboxylic acids is 1. The Hall–Kier alpha value is -3.39. The van der Waals surface area contributed by atoms with Crippen molar-refractivity contribution in [1.29, 1.82) is 0 Å². The molecule has 0 spiro atoms. The second kappa shape index (κ2) is 8.96. The number of hydrogen-bond donors (Lipinski definition) is 3. The van der Waals surface area contributed by atoms with Crippen molar-refractivity contribution in [2.45, 2.75) is 26.2 Å². The Morgan fingerprint density at radius 1 is 1.13 bits per heavy atom. The lowest BCUT2D eigenvalue weighted by molar-refractivity contribution is -0.142. The van der Waals surface area contributed by atoms with Gasteiger partial charge in [0.25, 0.3) is 0 Å². The largest absolute Gasteiger partial charge is 0.504 e. The number of carboxylic acid groups (broad SMARTS) is 1. The molecule has 0 aliphatic heterocycles. The number of aromatic nitrogens is 2. The topological polar surface area (TPSA) is 114 Å². The van der Waals surface area contributed by atoms with Crippen LogP contribution in [0.5, 0.6) is 11.5 Å². The van der Waals surface area contributed by atoms with Gasteiger partial charge in [0.2, 0.25) is 0 Å². The van der Waals surface area contributed by atoms with Crippen LogP contribution in [0.4, 0.5) is 11.5 Å². The monoisotopic (exact) mass is 411 g/mol. The van der Waals surface area contributed by atoms with Crippen molar-refractivity contribution in [2.75, 3.05) is 25.1 Å². The molecule has 1 heterocycles. The fourth-order valence-corrected chi connectivity index (χ4v) is 2.86. The van der Waals surface area contributed by atoms with Gasteiger partial charge >= 0.3 is 5.97 Å². The molecule has 0 saturated heterocycles. The van der Waals surface area contributed by atoms with E-state index in [2.05, 4.69) is 48.2 Å². The Labute approximate surface area is 174 Å². The second-order valence-electron chi connectivity index (χ2n) is 7.81. The fourth-order valence-electron chi connectivity index (χ4n) is 2.86. The Morgan fingerprint density at radius 2 is 1.93 bits per heavy atom. The Kier molecular flexibility index (Phi) is 6.37. The number of phenolic OH excluding ortho intramolecular Hbond substituents is 1. The quantitative estimate of drug-likeness (QED) is 0.479. The number of aromatic hydroxyl groups is 1. The molecule has 0 unspecified atom stereocenters. The number of nitrogens with zero attached hydrogens (tertiary/aromatic N) is 2. The third-order valence-corrected chi connectivity index (χ3v) is 4.42. The molecule has 3 rings (SSSR count). The van der Waals surface area contributed by atoms with Gasteiger partial charge < -0.3 is 25.0 Å². The number of phenols is 1. The summed E-state index contributed by atoms with van der Waals surface area (Å²) in [5.74, 6) is -0.311. The van der Waals surface area contributed by atoms with E-state index in [1.807, 2.05) is 12.1 Å². The normalized spacial score (nSPS) is 11.4. The molecule has 0 saturated carbocycles. The Balaban J connectivity index is 1.79. The maximum absolute atomic E-state index is 10.4. The van der Waals surface area contributed by atoms with Crippen molar-refractivity contribution in [2.24, 2.45) is 0 Å². The predicted molar refractivity (Wildman–Crippen MR) is 114 cm³/mol. The second-order valence-corrected chi connectivity index (χ2v) is 7.81. The minimum Gasteiger partial charge on any atom is -0.504 e. The SMILES string of the molecule is CC(C)(C)c1cccc(Nc2ncnc3cc(OCCOCC(=O)O)c(O)cc23)c1. The van der Waals surface area contributed by atoms with E-state index in [0.717, 1.165) is 5.69 Å². The van der Waals surface area contributed by atoms with Crippen LogP contribution in [0.3, 0.4) is 0 Å². The zero-order chi connectivity index (χ0) is 21.7. The Bertz CT molecular complexity index is 1050. The molecule has 0 aliphatic carbocycles. The number of hydrogen-bond acceptors (Lipinski definition) is 7. The van der Waals surface area contributed by atoms with Crippen molar-refractivity contribution in [3.8, 4) is 11.5 Å². The number of benzene rings is 2. The van der Waals surface area contributed by atoms with Crippen LogP contribution in [0.2, 0.25) is 0 Å². The van der Waals surface area contributed by atoms with E-state index >= 15 is 0 Å². The van der Waals surface area contributed by atoms with Crippen LogP contribution in [0.25, 0.3) is 10.9 Å². The molecule has 0 amide bonds. The van der Waals surface area contributed by atoms with Gasteiger partial charge in [-0.1, -0.05) is 32.9 Å². The van der Waals surface area contributed by atoms with Crippen LogP contribution in [0.1, 0.15) is 26.3 Å². The first-order valence-corrected chi connectivity index (χ1v) is 9.51. The predicted octanol–water partition coefficient (Wildman–Crippen LogP) is 3.86. The molecule has 0 fully saturated rings. The van der Waals surface area contributed by atoms with Crippen LogP contribution in [-0.2, 0) is 14.9 Å². The van der Waals surface area contributed by atoms with Crippen molar-refractivity contribution < 1.29 is 24.5 Å². The summed E-state index contributed by atoms with van der Waals surface area (Å²) in [6, 6.07) is 11.3. The summed E-state index contributed by atoms with van der Waals surface area (Å²) in [6.45, 7) is 6.24. The number of anilines is 2. The summed E-state index contributed by atoms with van der Waals surface area (Å²) in [6.07, 6.45) is 1.44. The van der Waals surface area contributed by atoms with Gasteiger partial charge in [0, 0.05) is 17.1 Å². The first-order valence-electron chi connectivity index (χ1n) is 9.51. The van der Waals surface area contributed by atoms with Crippen molar-refractivity contribution >= 4 is 28.4 Å². The van der Waals surface area contributed by atoms with Crippen LogP contribution in [0, 0.1) is 0 Å². The lowest BCUT2D eigenvalue weighted by atomic mass is 9.87. The van der Waals surface area contributed by atoms with Gasteiger partial charge in [-0.3, -0.25) is 0 Å². The molecule has 3 aromatic rings. The lowest BCUT2D eigenvalue weighted by Gasteiger charge is -2.20. The summed E-state index contributed by atoms with van der Waals surface area (Å²) in [5, 5.41) is 22.8. The molecule has 1 aromatic heterocycles. The van der Waals surface area contributed by atoms with Gasteiger partial charge in [0.1, 0.15) is 25.4 Å². The summed E-state index contributed by atoms with van der Waals surface area (Å²) in [5.41, 5.74) is 2.69. The highest BCUT2D eigenvalue weighted by Gasteiger charge is 2.15. The summed E-state index contributed by atoms with van der Waals surface area (Å²) >= 11 is 0. The molecule has 3 N–H and O–H groups in total. The van der Waals surface area contributed by atoms with Gasteiger partial charge in [-0.2, -0.15) is 0 Å². The Morgan fingerprint density at radius 3 is 2.67 bits per heavy atom. The maximum Gasteiger partial charge on any atom is 0.329 e. The molecule has 158 valence electrons.